The summed E-state index contributed by atoms with van der Waals surface area (Å²) in [5, 5.41) is 12.3. The summed E-state index contributed by atoms with van der Waals surface area (Å²) in [6.45, 7) is 6.34. The van der Waals surface area contributed by atoms with Crippen LogP contribution in [0.15, 0.2) is 48.7 Å². The molecule has 3 N–H and O–H groups in total. The van der Waals surface area contributed by atoms with Gasteiger partial charge in [-0.3, -0.25) is 34.1 Å². The number of imide groups is 1. The normalized spacial score (nSPS) is 18.4. The fraction of sp³-hybridized carbons (Fsp3) is 0.409. The van der Waals surface area contributed by atoms with E-state index >= 15 is 0 Å². The molecule has 0 radical (unpaired) electrons. The van der Waals surface area contributed by atoms with Crippen molar-refractivity contribution in [2.75, 3.05) is 18.9 Å². The van der Waals surface area contributed by atoms with Gasteiger partial charge in [0.2, 0.25) is 11.8 Å². The van der Waals surface area contributed by atoms with Crippen molar-refractivity contribution in [2.24, 2.45) is 0 Å². The maximum atomic E-state index is 13.4. The summed E-state index contributed by atoms with van der Waals surface area (Å²) in [7, 11) is 2.17. The van der Waals surface area contributed by atoms with E-state index in [4.69, 9.17) is 5.10 Å². The molecule has 2 aromatic carbocycles. The van der Waals surface area contributed by atoms with Gasteiger partial charge < -0.3 is 15.2 Å². The first kappa shape index (κ1) is 37.1. The van der Waals surface area contributed by atoms with Gasteiger partial charge in [0.05, 0.1) is 16.7 Å². The van der Waals surface area contributed by atoms with Crippen molar-refractivity contribution in [1.82, 2.24) is 34.9 Å². The fourth-order valence-electron chi connectivity index (χ4n) is 8.62. The Hall–Kier alpha value is -5.80. The number of aryl methyl sites for hydroxylation is 3. The fourth-order valence-corrected chi connectivity index (χ4v) is 8.62. The Balaban J connectivity index is 0.816. The van der Waals surface area contributed by atoms with Gasteiger partial charge in [-0.05, 0) is 94.9 Å². The first-order chi connectivity index (χ1) is 27.2. The lowest BCUT2D eigenvalue weighted by Gasteiger charge is -2.29. The van der Waals surface area contributed by atoms with Crippen molar-refractivity contribution in [3.8, 4) is 11.8 Å². The summed E-state index contributed by atoms with van der Waals surface area (Å²) in [6.07, 6.45) is 10.7. The van der Waals surface area contributed by atoms with Gasteiger partial charge in [-0.25, -0.2) is 4.98 Å². The number of nitrogens with one attached hydrogen (secondary N) is 3. The van der Waals surface area contributed by atoms with E-state index in [1.54, 1.807) is 11.0 Å². The first-order valence-electron chi connectivity index (χ1n) is 19.9. The van der Waals surface area contributed by atoms with Gasteiger partial charge in [0.25, 0.3) is 11.8 Å². The van der Waals surface area contributed by atoms with Crippen molar-refractivity contribution in [3.63, 3.8) is 0 Å². The van der Waals surface area contributed by atoms with E-state index in [0.717, 1.165) is 96.7 Å². The van der Waals surface area contributed by atoms with Gasteiger partial charge in [0.1, 0.15) is 11.9 Å². The number of H-pyrrole nitrogens is 1. The monoisotopic (exact) mass is 752 g/mol. The molecule has 3 aliphatic heterocycles. The van der Waals surface area contributed by atoms with Crippen LogP contribution in [0.4, 0.5) is 5.82 Å². The van der Waals surface area contributed by atoms with Crippen molar-refractivity contribution in [2.45, 2.75) is 103 Å². The highest BCUT2D eigenvalue weighted by atomic mass is 16.2. The number of unbranched alkanes of at least 4 members (excludes halogenated alkanes) is 5. The number of likely N-dealkylation sites (tertiary alicyclic amines) is 1. The van der Waals surface area contributed by atoms with Crippen LogP contribution in [0, 0.1) is 25.7 Å². The lowest BCUT2D eigenvalue weighted by molar-refractivity contribution is -0.136. The van der Waals surface area contributed by atoms with Crippen LogP contribution in [0.25, 0.3) is 21.8 Å². The number of pyridine rings is 1. The van der Waals surface area contributed by atoms with Gasteiger partial charge in [-0.15, -0.1) is 0 Å². The zero-order valence-electron chi connectivity index (χ0n) is 32.3. The van der Waals surface area contributed by atoms with Gasteiger partial charge >= 0.3 is 0 Å². The van der Waals surface area contributed by atoms with Crippen molar-refractivity contribution in [3.05, 3.63) is 87.9 Å². The summed E-state index contributed by atoms with van der Waals surface area (Å²) in [5.74, 6) is 5.98. The SMILES string of the molecule is Cc1c([C@H]2CCCN2C)[nH]c2cc(NC(=O)c3ccc4c(C)nn(CCCCCCCC#Cc5cccc6c5CN(C5CCC(=O)NC5=O)C6=O)c4c3)ncc12. The van der Waals surface area contributed by atoms with Crippen LogP contribution in [-0.4, -0.2) is 72.8 Å². The Kier molecular flexibility index (Phi) is 10.4. The number of benzene rings is 2. The number of aromatic amines is 1. The summed E-state index contributed by atoms with van der Waals surface area (Å²) in [6, 6.07) is 13.0. The molecule has 3 aromatic heterocycles. The molecule has 0 bridgehead atoms. The highest BCUT2D eigenvalue weighted by Gasteiger charge is 2.39. The number of carbonyl (C=O) groups is 4. The predicted octanol–water partition coefficient (Wildman–Crippen LogP) is 6.70. The highest BCUT2D eigenvalue weighted by molar-refractivity contribution is 6.07. The summed E-state index contributed by atoms with van der Waals surface area (Å²) in [5.41, 5.74) is 8.16. The number of piperidine rings is 1. The molecule has 8 rings (SSSR count). The molecule has 5 aromatic rings. The average Bonchev–Trinajstić information content (AvgIpc) is 3.94. The van der Waals surface area contributed by atoms with E-state index in [1.807, 2.05) is 54.2 Å². The second-order valence-corrected chi connectivity index (χ2v) is 15.5. The Labute approximate surface area is 326 Å². The van der Waals surface area contributed by atoms with Crippen molar-refractivity contribution >= 4 is 51.3 Å². The van der Waals surface area contributed by atoms with E-state index in [0.29, 0.717) is 36.0 Å². The molecule has 0 aliphatic carbocycles. The topological polar surface area (TPSA) is 145 Å². The Bertz CT molecular complexity index is 2430. The smallest absolute Gasteiger partial charge is 0.256 e. The third-order valence-electron chi connectivity index (χ3n) is 11.8. The number of hydrogen-bond acceptors (Lipinski definition) is 7. The van der Waals surface area contributed by atoms with Crippen LogP contribution in [0.5, 0.6) is 0 Å². The quantitative estimate of drug-likeness (QED) is 0.0774. The number of hydrogen-bond donors (Lipinski definition) is 3. The Morgan fingerprint density at radius 3 is 2.64 bits per heavy atom. The number of amides is 4. The maximum absolute atomic E-state index is 13.4. The zero-order valence-corrected chi connectivity index (χ0v) is 32.3. The van der Waals surface area contributed by atoms with Crippen LogP contribution >= 0.6 is 0 Å². The number of rotatable bonds is 11. The molecular weight excluding hydrogens is 705 g/mol. The molecule has 288 valence electrons. The predicted molar refractivity (Wildman–Crippen MR) is 215 cm³/mol. The molecule has 2 saturated heterocycles. The van der Waals surface area contributed by atoms with Crippen LogP contribution in [0.2, 0.25) is 0 Å². The van der Waals surface area contributed by atoms with Gasteiger partial charge in [-0.1, -0.05) is 43.2 Å². The minimum absolute atomic E-state index is 0.183. The Morgan fingerprint density at radius 2 is 1.82 bits per heavy atom. The second-order valence-electron chi connectivity index (χ2n) is 15.5. The molecular formula is C44H48N8O4. The summed E-state index contributed by atoms with van der Waals surface area (Å²) < 4.78 is 2.02. The molecule has 56 heavy (non-hydrogen) atoms. The molecule has 6 heterocycles. The minimum Gasteiger partial charge on any atom is -0.357 e. The second kappa shape index (κ2) is 15.7. The summed E-state index contributed by atoms with van der Waals surface area (Å²) >= 11 is 0. The molecule has 1 unspecified atom stereocenters. The summed E-state index contributed by atoms with van der Waals surface area (Å²) in [4.78, 5) is 62.7. The molecule has 0 spiro atoms. The lowest BCUT2D eigenvalue weighted by atomic mass is 10.0. The van der Waals surface area contributed by atoms with Gasteiger partial charge in [0.15, 0.2) is 0 Å². The number of aromatic nitrogens is 4. The van der Waals surface area contributed by atoms with Gasteiger partial charge in [0, 0.05) is 77.4 Å². The van der Waals surface area contributed by atoms with Crippen LogP contribution in [0.1, 0.15) is 119 Å². The average molecular weight is 753 g/mol. The van der Waals surface area contributed by atoms with Gasteiger partial charge in [-0.2, -0.15) is 5.10 Å². The van der Waals surface area contributed by atoms with Crippen LogP contribution < -0.4 is 10.6 Å². The lowest BCUT2D eigenvalue weighted by Crippen LogP contribution is -2.52. The van der Waals surface area contributed by atoms with E-state index in [9.17, 15) is 19.2 Å². The number of carbonyl (C=O) groups excluding carboxylic acids is 4. The number of fused-ring (bicyclic) bond motifs is 3. The first-order valence-corrected chi connectivity index (χ1v) is 19.9. The molecule has 4 amide bonds. The maximum Gasteiger partial charge on any atom is 0.256 e. The van der Waals surface area contributed by atoms with Crippen molar-refractivity contribution in [1.29, 1.82) is 0 Å². The molecule has 0 saturated carbocycles. The third kappa shape index (κ3) is 7.31. The molecule has 2 fully saturated rings. The molecule has 3 aliphatic rings. The Morgan fingerprint density at radius 1 is 0.982 bits per heavy atom. The van der Waals surface area contributed by atoms with Crippen LogP contribution in [-0.2, 0) is 22.7 Å². The highest BCUT2D eigenvalue weighted by Crippen LogP contribution is 2.35. The minimum atomic E-state index is -0.634. The van der Waals surface area contributed by atoms with Crippen LogP contribution in [0.3, 0.4) is 0 Å². The van der Waals surface area contributed by atoms with E-state index in [2.05, 4.69) is 51.3 Å². The van der Waals surface area contributed by atoms with E-state index < -0.39 is 11.9 Å². The molecule has 12 heteroatoms. The standard InChI is InChI=1S/C44H48N8O4/c1-27-33-25-45-39(24-35(33)46-41(27)36-16-12-21-50(36)3)47-42(54)30-17-18-31-28(2)49-52(38(31)23-30)22-10-8-6-4-5-7-9-13-29-14-11-15-32-34(29)26-51(44(32)56)37-19-20-40(53)48-43(37)55/h11,14-15,17-18,23-25,36-37,46H,4-8,10,12,16,19-22,26H2,1-3H3,(H,45,47,54)(H,48,53,55)/t36-,37?/m1/s1. The largest absolute Gasteiger partial charge is 0.357 e. The number of nitrogens with zero attached hydrogens (tertiary/aromatic N) is 5. The zero-order chi connectivity index (χ0) is 38.9. The number of anilines is 1. The molecule has 12 nitrogen and oxygen atoms in total. The third-order valence-corrected chi connectivity index (χ3v) is 11.8. The van der Waals surface area contributed by atoms with E-state index in [1.165, 1.54) is 17.7 Å². The van der Waals surface area contributed by atoms with Crippen molar-refractivity contribution < 1.29 is 19.2 Å². The molecule has 2 atom stereocenters. The van der Waals surface area contributed by atoms with E-state index in [-0.39, 0.29) is 24.1 Å².